The molecule has 0 bridgehead atoms. The second kappa shape index (κ2) is 7.21. The van der Waals surface area contributed by atoms with Crippen molar-refractivity contribution < 1.29 is 17.9 Å². The number of rotatable bonds is 7. The molecule has 1 rings (SSSR count). The Morgan fingerprint density at radius 1 is 1.53 bits per heavy atom. The normalized spacial score (nSPS) is 21.6. The van der Waals surface area contributed by atoms with Crippen molar-refractivity contribution in [3.05, 3.63) is 0 Å². The van der Waals surface area contributed by atoms with Gasteiger partial charge in [0.25, 0.3) is 0 Å². The molecule has 0 aromatic rings. The average Bonchev–Trinajstić information content (AvgIpc) is 2.89. The van der Waals surface area contributed by atoms with Crippen molar-refractivity contribution in [1.29, 1.82) is 0 Å². The van der Waals surface area contributed by atoms with Crippen molar-refractivity contribution in [2.45, 2.75) is 44.4 Å². The zero-order valence-electron chi connectivity index (χ0n) is 11.9. The molecule has 1 heterocycles. The molecule has 1 N–H and O–H groups in total. The summed E-state index contributed by atoms with van der Waals surface area (Å²) in [5.41, 5.74) is 0. The van der Waals surface area contributed by atoms with Gasteiger partial charge in [0.15, 0.2) is 5.25 Å². The Kier molecular flexibility index (Phi) is 6.22. The molecule has 1 saturated heterocycles. The average molecular weight is 292 g/mol. The molecule has 2 unspecified atom stereocenters. The third kappa shape index (κ3) is 4.15. The van der Waals surface area contributed by atoms with E-state index < -0.39 is 21.2 Å². The number of hydrogen-bond donors (Lipinski definition) is 1. The van der Waals surface area contributed by atoms with Gasteiger partial charge in [-0.25, -0.2) is 8.42 Å². The minimum absolute atomic E-state index is 0.186. The van der Waals surface area contributed by atoms with E-state index in [4.69, 9.17) is 0 Å². The van der Waals surface area contributed by atoms with E-state index in [0.29, 0.717) is 13.1 Å². The SMILES string of the molecule is CCCN(CC1CCCN1)S(=O)(=O)C(C)C(=O)OC. The lowest BCUT2D eigenvalue weighted by Gasteiger charge is -2.26. The molecule has 0 aliphatic carbocycles. The summed E-state index contributed by atoms with van der Waals surface area (Å²) in [6.45, 7) is 5.09. The number of carbonyl (C=O) groups excluding carboxylic acids is 1. The van der Waals surface area contributed by atoms with Crippen LogP contribution in [0.3, 0.4) is 0 Å². The minimum Gasteiger partial charge on any atom is -0.468 e. The van der Waals surface area contributed by atoms with E-state index in [1.165, 1.54) is 18.3 Å². The van der Waals surface area contributed by atoms with E-state index in [1.807, 2.05) is 6.92 Å². The second-order valence-corrected chi connectivity index (χ2v) is 7.12. The largest absolute Gasteiger partial charge is 0.468 e. The number of esters is 1. The Hall–Kier alpha value is -0.660. The van der Waals surface area contributed by atoms with Crippen LogP contribution in [0, 0.1) is 0 Å². The Balaban J connectivity index is 2.80. The Morgan fingerprint density at radius 2 is 2.21 bits per heavy atom. The lowest BCUT2D eigenvalue weighted by molar-refractivity contribution is -0.139. The molecule has 0 spiro atoms. The molecule has 6 nitrogen and oxygen atoms in total. The van der Waals surface area contributed by atoms with Crippen molar-refractivity contribution in [2.24, 2.45) is 0 Å². The van der Waals surface area contributed by atoms with Crippen LogP contribution in [-0.4, -0.2) is 56.7 Å². The van der Waals surface area contributed by atoms with Crippen LogP contribution in [0.1, 0.15) is 33.1 Å². The zero-order chi connectivity index (χ0) is 14.5. The second-order valence-electron chi connectivity index (χ2n) is 4.86. The van der Waals surface area contributed by atoms with Crippen LogP contribution in [0.2, 0.25) is 0 Å². The van der Waals surface area contributed by atoms with E-state index in [-0.39, 0.29) is 6.04 Å². The maximum atomic E-state index is 12.4. The highest BCUT2D eigenvalue weighted by atomic mass is 32.2. The Bertz CT molecular complexity index is 391. The first-order chi connectivity index (χ1) is 8.93. The fourth-order valence-electron chi connectivity index (χ4n) is 2.24. The Morgan fingerprint density at radius 3 is 2.68 bits per heavy atom. The number of hydrogen-bond acceptors (Lipinski definition) is 5. The van der Waals surface area contributed by atoms with Crippen molar-refractivity contribution >= 4 is 16.0 Å². The first kappa shape index (κ1) is 16.4. The van der Waals surface area contributed by atoms with E-state index in [0.717, 1.165) is 25.8 Å². The molecular weight excluding hydrogens is 268 g/mol. The van der Waals surface area contributed by atoms with Gasteiger partial charge in [0.05, 0.1) is 7.11 Å². The van der Waals surface area contributed by atoms with Crippen molar-refractivity contribution in [3.63, 3.8) is 0 Å². The van der Waals surface area contributed by atoms with Gasteiger partial charge in [0.2, 0.25) is 10.0 Å². The molecule has 1 aliphatic rings. The molecule has 1 aliphatic heterocycles. The number of carbonyl (C=O) groups is 1. The monoisotopic (exact) mass is 292 g/mol. The van der Waals surface area contributed by atoms with Crippen molar-refractivity contribution in [1.82, 2.24) is 9.62 Å². The number of ether oxygens (including phenoxy) is 1. The number of methoxy groups -OCH3 is 1. The standard InChI is InChI=1S/C12H24N2O4S/c1-4-8-14(9-11-6-5-7-13-11)19(16,17)10(2)12(15)18-3/h10-11,13H,4-9H2,1-3H3. The molecule has 1 fully saturated rings. The summed E-state index contributed by atoms with van der Waals surface area (Å²) in [4.78, 5) is 11.5. The zero-order valence-corrected chi connectivity index (χ0v) is 12.7. The molecule has 19 heavy (non-hydrogen) atoms. The van der Waals surface area contributed by atoms with Gasteiger partial charge in [-0.2, -0.15) is 4.31 Å². The third-order valence-corrected chi connectivity index (χ3v) is 5.54. The van der Waals surface area contributed by atoms with Gasteiger partial charge in [-0.15, -0.1) is 0 Å². The van der Waals surface area contributed by atoms with Crippen LogP contribution in [0.5, 0.6) is 0 Å². The van der Waals surface area contributed by atoms with E-state index in [9.17, 15) is 13.2 Å². The lowest BCUT2D eigenvalue weighted by atomic mass is 10.2. The highest BCUT2D eigenvalue weighted by molar-refractivity contribution is 7.90. The predicted molar refractivity (Wildman–Crippen MR) is 73.3 cm³/mol. The summed E-state index contributed by atoms with van der Waals surface area (Å²) in [6.07, 6.45) is 2.76. The van der Waals surface area contributed by atoms with Gasteiger partial charge in [0, 0.05) is 19.1 Å². The van der Waals surface area contributed by atoms with Gasteiger partial charge in [0.1, 0.15) is 0 Å². The summed E-state index contributed by atoms with van der Waals surface area (Å²) in [6, 6.07) is 0.186. The van der Waals surface area contributed by atoms with Crippen LogP contribution in [0.4, 0.5) is 0 Å². The van der Waals surface area contributed by atoms with Crippen LogP contribution >= 0.6 is 0 Å². The van der Waals surface area contributed by atoms with Gasteiger partial charge in [-0.1, -0.05) is 6.92 Å². The fourth-order valence-corrected chi connectivity index (χ4v) is 3.85. The number of sulfonamides is 1. The maximum Gasteiger partial charge on any atom is 0.325 e. The molecule has 0 radical (unpaired) electrons. The third-order valence-electron chi connectivity index (χ3n) is 3.40. The summed E-state index contributed by atoms with van der Waals surface area (Å²) in [5, 5.41) is 2.13. The lowest BCUT2D eigenvalue weighted by Crippen LogP contribution is -2.46. The molecule has 0 amide bonds. The molecule has 0 aromatic heterocycles. The van der Waals surface area contributed by atoms with Crippen LogP contribution in [0.25, 0.3) is 0 Å². The number of nitrogens with one attached hydrogen (secondary N) is 1. The summed E-state index contributed by atoms with van der Waals surface area (Å²) in [5.74, 6) is -0.708. The quantitative estimate of drug-likeness (QED) is 0.685. The van der Waals surface area contributed by atoms with Gasteiger partial charge < -0.3 is 10.1 Å². The van der Waals surface area contributed by atoms with Gasteiger partial charge >= 0.3 is 5.97 Å². The van der Waals surface area contributed by atoms with E-state index in [2.05, 4.69) is 10.1 Å². The molecule has 2 atom stereocenters. The Labute approximate surface area is 115 Å². The molecular formula is C12H24N2O4S. The maximum absolute atomic E-state index is 12.4. The summed E-state index contributed by atoms with van der Waals surface area (Å²) in [7, 11) is -2.44. The van der Waals surface area contributed by atoms with E-state index in [1.54, 1.807) is 0 Å². The van der Waals surface area contributed by atoms with Crippen molar-refractivity contribution in [3.8, 4) is 0 Å². The molecule has 0 aromatic carbocycles. The van der Waals surface area contributed by atoms with Crippen LogP contribution in [-0.2, 0) is 19.6 Å². The fraction of sp³-hybridized carbons (Fsp3) is 0.917. The smallest absolute Gasteiger partial charge is 0.325 e. The molecule has 112 valence electrons. The molecule has 0 saturated carbocycles. The minimum atomic E-state index is -3.64. The highest BCUT2D eigenvalue weighted by Crippen LogP contribution is 2.15. The predicted octanol–water partition coefficient (Wildman–Crippen LogP) is 0.342. The van der Waals surface area contributed by atoms with E-state index >= 15 is 0 Å². The van der Waals surface area contributed by atoms with Crippen molar-refractivity contribution in [2.75, 3.05) is 26.7 Å². The topological polar surface area (TPSA) is 75.7 Å². The first-order valence-corrected chi connectivity index (χ1v) is 8.24. The van der Waals surface area contributed by atoms with Crippen LogP contribution in [0.15, 0.2) is 0 Å². The van der Waals surface area contributed by atoms with Gasteiger partial charge in [-0.05, 0) is 32.7 Å². The van der Waals surface area contributed by atoms with Gasteiger partial charge in [-0.3, -0.25) is 4.79 Å². The summed E-state index contributed by atoms with van der Waals surface area (Å²) < 4.78 is 30.8. The molecule has 7 heteroatoms. The number of nitrogens with zero attached hydrogens (tertiary/aromatic N) is 1. The first-order valence-electron chi connectivity index (χ1n) is 6.73. The highest BCUT2D eigenvalue weighted by Gasteiger charge is 2.35. The summed E-state index contributed by atoms with van der Waals surface area (Å²) >= 11 is 0. The van der Waals surface area contributed by atoms with Crippen LogP contribution < -0.4 is 5.32 Å².